The second kappa shape index (κ2) is 5.14. The molecule has 0 aliphatic carbocycles. The molecule has 1 unspecified atom stereocenters. The maximum atomic E-state index is 12.0. The molecule has 1 fully saturated rings. The van der Waals surface area contributed by atoms with Crippen molar-refractivity contribution in [2.24, 2.45) is 5.41 Å². The van der Waals surface area contributed by atoms with Gasteiger partial charge in [0.2, 0.25) is 5.91 Å². The molecule has 1 amide bonds. The molecule has 94 valence electrons. The van der Waals surface area contributed by atoms with E-state index in [9.17, 15) is 4.79 Å². The third-order valence-electron chi connectivity index (χ3n) is 3.21. The van der Waals surface area contributed by atoms with Gasteiger partial charge in [0.25, 0.3) is 0 Å². The Bertz CT molecular complexity index is 396. The van der Waals surface area contributed by atoms with Crippen molar-refractivity contribution < 1.29 is 4.79 Å². The molecule has 4 nitrogen and oxygen atoms in total. The number of aromatic nitrogens is 1. The zero-order valence-corrected chi connectivity index (χ0v) is 11.2. The van der Waals surface area contributed by atoms with Gasteiger partial charge >= 0.3 is 0 Å². The molecule has 1 aromatic heterocycles. The molecule has 1 aliphatic rings. The van der Waals surface area contributed by atoms with Gasteiger partial charge in [-0.05, 0) is 26.8 Å². The number of carbonyl (C=O) groups excluding carboxylic acids is 1. The third kappa shape index (κ3) is 3.04. The average Bonchev–Trinajstić information content (AvgIpc) is 2.89. The molecule has 0 radical (unpaired) electrons. The van der Waals surface area contributed by atoms with Crippen LogP contribution in [0.15, 0.2) is 5.38 Å². The van der Waals surface area contributed by atoms with E-state index in [0.29, 0.717) is 6.54 Å². The molecular formula is C12H19N3OS. The summed E-state index contributed by atoms with van der Waals surface area (Å²) >= 11 is 1.66. The molecule has 2 N–H and O–H groups in total. The van der Waals surface area contributed by atoms with Gasteiger partial charge in [-0.3, -0.25) is 4.79 Å². The number of rotatable bonds is 4. The van der Waals surface area contributed by atoms with Crippen molar-refractivity contribution in [3.63, 3.8) is 0 Å². The first-order valence-electron chi connectivity index (χ1n) is 6.00. The SMILES string of the molecule is Cc1csc(CCNC(=O)C2(C)CCNC2)n1. The van der Waals surface area contributed by atoms with Gasteiger partial charge in [0, 0.05) is 30.6 Å². The molecule has 2 heterocycles. The van der Waals surface area contributed by atoms with E-state index in [0.717, 1.165) is 36.6 Å². The van der Waals surface area contributed by atoms with Crippen molar-refractivity contribution in [1.29, 1.82) is 0 Å². The second-order valence-electron chi connectivity index (χ2n) is 4.88. The number of hydrogen-bond acceptors (Lipinski definition) is 4. The van der Waals surface area contributed by atoms with Gasteiger partial charge in [0.05, 0.1) is 10.4 Å². The van der Waals surface area contributed by atoms with Crippen LogP contribution in [0.2, 0.25) is 0 Å². The summed E-state index contributed by atoms with van der Waals surface area (Å²) in [4.78, 5) is 16.4. The molecule has 0 aromatic carbocycles. The fraction of sp³-hybridized carbons (Fsp3) is 0.667. The van der Waals surface area contributed by atoms with Gasteiger partial charge in [-0.25, -0.2) is 4.98 Å². The van der Waals surface area contributed by atoms with Crippen molar-refractivity contribution in [3.8, 4) is 0 Å². The minimum Gasteiger partial charge on any atom is -0.355 e. The molecule has 17 heavy (non-hydrogen) atoms. The van der Waals surface area contributed by atoms with Crippen LogP contribution in [0, 0.1) is 12.3 Å². The predicted molar refractivity (Wildman–Crippen MR) is 69.2 cm³/mol. The Hall–Kier alpha value is -0.940. The quantitative estimate of drug-likeness (QED) is 0.845. The summed E-state index contributed by atoms with van der Waals surface area (Å²) in [6, 6.07) is 0. The Balaban J connectivity index is 1.77. The molecule has 1 aliphatic heterocycles. The fourth-order valence-corrected chi connectivity index (χ4v) is 2.80. The molecule has 0 saturated carbocycles. The summed E-state index contributed by atoms with van der Waals surface area (Å²) in [5.41, 5.74) is 0.835. The second-order valence-corrected chi connectivity index (χ2v) is 5.82. The highest BCUT2D eigenvalue weighted by molar-refractivity contribution is 7.09. The summed E-state index contributed by atoms with van der Waals surface area (Å²) in [6.45, 7) is 6.42. The number of thiazole rings is 1. The zero-order chi connectivity index (χ0) is 12.3. The molecule has 2 rings (SSSR count). The summed E-state index contributed by atoms with van der Waals surface area (Å²) in [5, 5.41) is 9.38. The van der Waals surface area contributed by atoms with Crippen molar-refractivity contribution in [2.45, 2.75) is 26.7 Å². The number of amides is 1. The first kappa shape index (κ1) is 12.5. The highest BCUT2D eigenvalue weighted by Gasteiger charge is 2.35. The van der Waals surface area contributed by atoms with E-state index in [1.807, 2.05) is 19.2 Å². The van der Waals surface area contributed by atoms with E-state index < -0.39 is 0 Å². The van der Waals surface area contributed by atoms with E-state index in [1.165, 1.54) is 0 Å². The van der Waals surface area contributed by atoms with Crippen LogP contribution >= 0.6 is 11.3 Å². The van der Waals surface area contributed by atoms with Crippen LogP contribution in [0.3, 0.4) is 0 Å². The Morgan fingerprint density at radius 1 is 1.71 bits per heavy atom. The molecule has 1 saturated heterocycles. The lowest BCUT2D eigenvalue weighted by molar-refractivity contribution is -0.129. The number of aryl methyl sites for hydroxylation is 1. The van der Waals surface area contributed by atoms with E-state index in [2.05, 4.69) is 15.6 Å². The maximum Gasteiger partial charge on any atom is 0.227 e. The van der Waals surface area contributed by atoms with Crippen LogP contribution in [0.1, 0.15) is 24.0 Å². The van der Waals surface area contributed by atoms with Crippen molar-refractivity contribution in [3.05, 3.63) is 16.1 Å². The minimum absolute atomic E-state index is 0.163. The lowest BCUT2D eigenvalue weighted by Gasteiger charge is -2.21. The highest BCUT2D eigenvalue weighted by atomic mass is 32.1. The van der Waals surface area contributed by atoms with Gasteiger partial charge < -0.3 is 10.6 Å². The van der Waals surface area contributed by atoms with Crippen molar-refractivity contribution >= 4 is 17.2 Å². The molecular weight excluding hydrogens is 234 g/mol. The number of nitrogens with one attached hydrogen (secondary N) is 2. The predicted octanol–water partition coefficient (Wildman–Crippen LogP) is 1.11. The average molecular weight is 253 g/mol. The summed E-state index contributed by atoms with van der Waals surface area (Å²) in [6.07, 6.45) is 1.75. The standard InChI is InChI=1S/C12H19N3OS/c1-9-7-17-10(15-9)3-5-14-11(16)12(2)4-6-13-8-12/h7,13H,3-6,8H2,1-2H3,(H,14,16). The zero-order valence-electron chi connectivity index (χ0n) is 10.4. The highest BCUT2D eigenvalue weighted by Crippen LogP contribution is 2.24. The lowest BCUT2D eigenvalue weighted by Crippen LogP contribution is -2.41. The van der Waals surface area contributed by atoms with Gasteiger partial charge in [0.15, 0.2) is 0 Å². The van der Waals surface area contributed by atoms with Crippen LogP contribution in [-0.4, -0.2) is 30.5 Å². The van der Waals surface area contributed by atoms with Crippen LogP contribution in [0.4, 0.5) is 0 Å². The summed E-state index contributed by atoms with van der Waals surface area (Å²) in [7, 11) is 0. The Morgan fingerprint density at radius 3 is 3.12 bits per heavy atom. The van der Waals surface area contributed by atoms with Gasteiger partial charge in [0.1, 0.15) is 0 Å². The first-order valence-corrected chi connectivity index (χ1v) is 6.88. The summed E-state index contributed by atoms with van der Waals surface area (Å²) in [5.74, 6) is 0.163. The van der Waals surface area contributed by atoms with Crippen molar-refractivity contribution in [2.75, 3.05) is 19.6 Å². The van der Waals surface area contributed by atoms with Crippen LogP contribution < -0.4 is 10.6 Å². The molecule has 1 atom stereocenters. The number of nitrogens with zero attached hydrogens (tertiary/aromatic N) is 1. The van der Waals surface area contributed by atoms with E-state index in [-0.39, 0.29) is 11.3 Å². The molecule has 1 aromatic rings. The van der Waals surface area contributed by atoms with Crippen LogP contribution in [-0.2, 0) is 11.2 Å². The number of carbonyl (C=O) groups is 1. The first-order chi connectivity index (χ1) is 8.10. The van der Waals surface area contributed by atoms with Crippen LogP contribution in [0.25, 0.3) is 0 Å². The van der Waals surface area contributed by atoms with E-state index >= 15 is 0 Å². The maximum absolute atomic E-state index is 12.0. The topological polar surface area (TPSA) is 54.0 Å². The van der Waals surface area contributed by atoms with Crippen molar-refractivity contribution in [1.82, 2.24) is 15.6 Å². The Morgan fingerprint density at radius 2 is 2.53 bits per heavy atom. The van der Waals surface area contributed by atoms with E-state index in [4.69, 9.17) is 0 Å². The number of hydrogen-bond donors (Lipinski definition) is 2. The largest absolute Gasteiger partial charge is 0.355 e. The third-order valence-corrected chi connectivity index (χ3v) is 4.23. The molecule has 0 spiro atoms. The fourth-order valence-electron chi connectivity index (χ4n) is 2.02. The molecule has 0 bridgehead atoms. The Kier molecular flexibility index (Phi) is 3.79. The van der Waals surface area contributed by atoms with Crippen LogP contribution in [0.5, 0.6) is 0 Å². The van der Waals surface area contributed by atoms with Gasteiger partial charge in [-0.2, -0.15) is 0 Å². The normalized spacial score (nSPS) is 23.9. The lowest BCUT2D eigenvalue weighted by atomic mass is 9.89. The Labute approximate surface area is 106 Å². The van der Waals surface area contributed by atoms with E-state index in [1.54, 1.807) is 11.3 Å². The van der Waals surface area contributed by atoms with Gasteiger partial charge in [-0.1, -0.05) is 0 Å². The molecule has 5 heteroatoms. The smallest absolute Gasteiger partial charge is 0.227 e. The summed E-state index contributed by atoms with van der Waals surface area (Å²) < 4.78 is 0. The monoisotopic (exact) mass is 253 g/mol. The van der Waals surface area contributed by atoms with Gasteiger partial charge in [-0.15, -0.1) is 11.3 Å². The minimum atomic E-state index is -0.223.